The van der Waals surface area contributed by atoms with Crippen molar-refractivity contribution in [2.75, 3.05) is 26.8 Å². The van der Waals surface area contributed by atoms with Gasteiger partial charge in [0.25, 0.3) is 0 Å². The number of pyridine rings is 3. The minimum Gasteiger partial charge on any atom is -0.476 e. The first-order valence-corrected chi connectivity index (χ1v) is 18.3. The van der Waals surface area contributed by atoms with Crippen LogP contribution in [0.15, 0.2) is 42.6 Å². The maximum atomic E-state index is 15.1. The summed E-state index contributed by atoms with van der Waals surface area (Å²) in [5.41, 5.74) is -2.30. The van der Waals surface area contributed by atoms with E-state index in [9.17, 15) is 35.9 Å². The number of carboxylic acids is 1. The van der Waals surface area contributed by atoms with Crippen LogP contribution in [0, 0.1) is 11.9 Å². The van der Waals surface area contributed by atoms with Crippen LogP contribution in [0.3, 0.4) is 0 Å². The summed E-state index contributed by atoms with van der Waals surface area (Å²) in [6, 6.07) is 7.55. The van der Waals surface area contributed by atoms with Crippen molar-refractivity contribution in [2.24, 2.45) is 7.05 Å². The fourth-order valence-electron chi connectivity index (χ4n) is 4.48. The number of aromatic carboxylic acids is 1. The highest BCUT2D eigenvalue weighted by molar-refractivity contribution is 7.92. The fourth-order valence-corrected chi connectivity index (χ4v) is 6.31. The first-order valence-electron chi connectivity index (χ1n) is 14.4. The molecular weight excluding hydrogens is 758 g/mol. The van der Waals surface area contributed by atoms with Crippen molar-refractivity contribution in [1.82, 2.24) is 44.9 Å². The van der Waals surface area contributed by atoms with Crippen LogP contribution in [0.4, 0.5) is 30.8 Å². The van der Waals surface area contributed by atoms with Gasteiger partial charge in [0.1, 0.15) is 28.3 Å². The van der Waals surface area contributed by atoms with Crippen LogP contribution in [0.5, 0.6) is 0 Å². The van der Waals surface area contributed by atoms with Crippen LogP contribution < -0.4 is 14.8 Å². The lowest BCUT2D eigenvalue weighted by atomic mass is 10.2. The molecule has 0 spiro atoms. The Kier molecular flexibility index (Phi) is 10.6. The summed E-state index contributed by atoms with van der Waals surface area (Å²) in [5.74, 6) is -5.05. The van der Waals surface area contributed by atoms with Gasteiger partial charge in [-0.1, -0.05) is 28.1 Å². The average Bonchev–Trinajstić information content (AvgIpc) is 3.65. The monoisotopic (exact) mass is 782 g/mol. The van der Waals surface area contributed by atoms with Gasteiger partial charge < -0.3 is 9.84 Å². The Labute approximate surface area is 297 Å². The first kappa shape index (κ1) is 37.4. The molecule has 0 radical (unpaired) electrons. The van der Waals surface area contributed by atoms with Crippen molar-refractivity contribution in [3.8, 4) is 22.8 Å². The third-order valence-electron chi connectivity index (χ3n) is 6.81. The van der Waals surface area contributed by atoms with Crippen LogP contribution in [-0.4, -0.2) is 91.0 Å². The predicted octanol–water partition coefficient (Wildman–Crippen LogP) is 2.68. The molecular formula is C27H25ClF2N12O8S2. The summed E-state index contributed by atoms with van der Waals surface area (Å²) in [4.78, 5) is 35.9. The summed E-state index contributed by atoms with van der Waals surface area (Å²) >= 11 is 6.06. The number of nitrogens with one attached hydrogen (secondary N) is 3. The average molecular weight is 783 g/mol. The van der Waals surface area contributed by atoms with Crippen LogP contribution in [-0.2, 0) is 38.4 Å². The summed E-state index contributed by atoms with van der Waals surface area (Å²) in [7, 11) is -6.80. The minimum absolute atomic E-state index is 0.0318. The second-order valence-electron chi connectivity index (χ2n) is 10.6. The highest BCUT2D eigenvalue weighted by Crippen LogP contribution is 2.28. The molecule has 0 saturated heterocycles. The minimum atomic E-state index is -4.39. The zero-order valence-electron chi connectivity index (χ0n) is 26.8. The van der Waals surface area contributed by atoms with Gasteiger partial charge in [-0.3, -0.25) is 14.8 Å². The third kappa shape index (κ3) is 8.70. The third-order valence-corrected chi connectivity index (χ3v) is 8.97. The Morgan fingerprint density at radius 3 is 2.17 bits per heavy atom. The van der Waals surface area contributed by atoms with E-state index < -0.39 is 85.2 Å². The number of carboxylic acid groups (broad SMARTS) is 1. The van der Waals surface area contributed by atoms with Crippen LogP contribution >= 0.6 is 11.6 Å². The number of aryl methyl sites for hydroxylation is 2. The van der Waals surface area contributed by atoms with Crippen LogP contribution in [0.1, 0.15) is 29.1 Å². The Morgan fingerprint density at radius 1 is 0.962 bits per heavy atom. The number of anilines is 3. The highest BCUT2D eigenvalue weighted by Gasteiger charge is 2.26. The number of sulfonamides is 2. The van der Waals surface area contributed by atoms with Gasteiger partial charge in [-0.05, 0) is 37.3 Å². The number of carbonyl (C=O) groups is 2. The number of hydrogen-bond acceptors (Lipinski definition) is 14. The number of rotatable bonds is 13. The lowest BCUT2D eigenvalue weighted by molar-refractivity contribution is 0.0684. The van der Waals surface area contributed by atoms with Gasteiger partial charge in [0.05, 0.1) is 29.9 Å². The van der Waals surface area contributed by atoms with Gasteiger partial charge >= 0.3 is 12.1 Å². The molecule has 0 fully saturated rings. The number of ether oxygens (including phenoxy) is 1. The van der Waals surface area contributed by atoms with Gasteiger partial charge in [0.2, 0.25) is 31.9 Å². The molecule has 0 aliphatic rings. The van der Waals surface area contributed by atoms with Gasteiger partial charge in [0, 0.05) is 18.8 Å². The summed E-state index contributed by atoms with van der Waals surface area (Å²) in [6.07, 6.45) is 0.523. The molecule has 25 heteroatoms. The quantitative estimate of drug-likeness (QED) is 0.125. The van der Waals surface area contributed by atoms with Crippen molar-refractivity contribution in [3.05, 3.63) is 70.9 Å². The molecule has 1 amide bonds. The molecule has 5 aromatic rings. The standard InChI is InChI=1S/C27H25ClF2N12O8S2/c1-13(14-5-4-10-31-22(14)28)50-27(45)34-25-20(36-39-41(25)2)16-7-9-18(24(30)33-16)38-52(48,49)12-11-42-21(26(43)44)19(35-40-42)15-6-8-17(23(29)32-15)37-51(3,46)47/h4-10,13,37-38H,11-12H2,1-3H3,(H,34,45)(H,43,44)/t13-/m1/s1. The Bertz CT molecular complexity index is 2410. The normalized spacial score (nSPS) is 12.3. The topological polar surface area (TPSA) is 268 Å². The maximum Gasteiger partial charge on any atom is 0.413 e. The number of carbonyl (C=O) groups excluding carboxylic acids is 1. The van der Waals surface area contributed by atoms with Crippen molar-refractivity contribution < 1.29 is 45.0 Å². The second kappa shape index (κ2) is 14.8. The van der Waals surface area contributed by atoms with Gasteiger partial charge in [0.15, 0.2) is 17.2 Å². The number of aromatic nitrogens is 9. The summed E-state index contributed by atoms with van der Waals surface area (Å²) in [6.45, 7) is 0.962. The summed E-state index contributed by atoms with van der Waals surface area (Å²) in [5, 5.41) is 27.4. The lowest BCUT2D eigenvalue weighted by Crippen LogP contribution is -2.23. The second-order valence-corrected chi connectivity index (χ2v) is 14.6. The summed E-state index contributed by atoms with van der Waals surface area (Å²) < 4.78 is 89.3. The molecule has 5 rings (SSSR count). The Hall–Kier alpha value is -5.88. The van der Waals surface area contributed by atoms with Crippen molar-refractivity contribution in [1.29, 1.82) is 0 Å². The SMILES string of the molecule is C[C@@H](OC(=O)Nc1c(-c2ccc(NS(=O)(=O)CCn3nnc(-c4ccc(NS(C)(=O)=O)c(F)n4)c3C(=O)O)c(F)n2)nnn1C)c1cccnc1Cl. The Balaban J connectivity index is 1.27. The van der Waals surface area contributed by atoms with Gasteiger partial charge in [-0.2, -0.15) is 8.78 Å². The first-order chi connectivity index (χ1) is 24.4. The molecule has 0 unspecified atom stereocenters. The van der Waals surface area contributed by atoms with E-state index in [1.165, 1.54) is 19.3 Å². The smallest absolute Gasteiger partial charge is 0.413 e. The lowest BCUT2D eigenvalue weighted by Gasteiger charge is -2.15. The van der Waals surface area contributed by atoms with Crippen molar-refractivity contribution in [2.45, 2.75) is 19.6 Å². The highest BCUT2D eigenvalue weighted by atomic mass is 35.5. The molecule has 5 aromatic heterocycles. The van der Waals surface area contributed by atoms with E-state index in [-0.39, 0.29) is 28.1 Å². The van der Waals surface area contributed by atoms with E-state index >= 15 is 4.39 Å². The molecule has 5 heterocycles. The van der Waals surface area contributed by atoms with E-state index in [1.54, 1.807) is 19.1 Å². The van der Waals surface area contributed by atoms with Crippen LogP contribution in [0.2, 0.25) is 5.15 Å². The largest absolute Gasteiger partial charge is 0.476 e. The molecule has 20 nitrogen and oxygen atoms in total. The predicted molar refractivity (Wildman–Crippen MR) is 178 cm³/mol. The molecule has 1 atom stereocenters. The van der Waals surface area contributed by atoms with Crippen molar-refractivity contribution >= 4 is 60.9 Å². The fraction of sp³-hybridized carbons (Fsp3) is 0.222. The molecule has 274 valence electrons. The van der Waals surface area contributed by atoms with E-state index in [0.717, 1.165) is 29.1 Å². The molecule has 0 saturated carbocycles. The number of nitrogens with zero attached hydrogens (tertiary/aromatic N) is 9. The van der Waals surface area contributed by atoms with Gasteiger partial charge in [-0.25, -0.2) is 50.7 Å². The van der Waals surface area contributed by atoms with Gasteiger partial charge in [-0.15, -0.1) is 10.2 Å². The maximum absolute atomic E-state index is 15.1. The molecule has 0 bridgehead atoms. The molecule has 0 aliphatic carbocycles. The van der Waals surface area contributed by atoms with E-state index in [0.29, 0.717) is 10.2 Å². The molecule has 4 N–H and O–H groups in total. The van der Waals surface area contributed by atoms with E-state index in [2.05, 4.69) is 40.9 Å². The van der Waals surface area contributed by atoms with Crippen LogP contribution in [0.25, 0.3) is 22.8 Å². The molecule has 0 aliphatic heterocycles. The number of amides is 1. The van der Waals surface area contributed by atoms with E-state index in [4.69, 9.17) is 16.3 Å². The van der Waals surface area contributed by atoms with Crippen molar-refractivity contribution in [3.63, 3.8) is 0 Å². The zero-order valence-corrected chi connectivity index (χ0v) is 29.2. The number of halogens is 3. The Morgan fingerprint density at radius 2 is 1.58 bits per heavy atom. The van der Waals surface area contributed by atoms with E-state index in [1.807, 2.05) is 9.44 Å². The molecule has 52 heavy (non-hydrogen) atoms. The zero-order chi connectivity index (χ0) is 38.0. The molecule has 0 aromatic carbocycles. The number of hydrogen-bond donors (Lipinski definition) is 4.